The zero-order chi connectivity index (χ0) is 10.0. The molecule has 0 radical (unpaired) electrons. The van der Waals surface area contributed by atoms with E-state index in [0.717, 1.165) is 0 Å². The normalized spacial score (nSPS) is 10.8. The maximum Gasteiger partial charge on any atom is 0.284 e. The maximum atomic E-state index is 12.3. The van der Waals surface area contributed by atoms with Crippen LogP contribution in [0.15, 0.2) is 6.07 Å². The van der Waals surface area contributed by atoms with Gasteiger partial charge in [-0.1, -0.05) is 0 Å². The third kappa shape index (κ3) is 2.06. The Hall–Kier alpha value is -0.900. The summed E-state index contributed by atoms with van der Waals surface area (Å²) in [5.74, 6) is -0.398. The first-order chi connectivity index (χ1) is 6.06. The molecule has 5 heteroatoms. The summed E-state index contributed by atoms with van der Waals surface area (Å²) in [5.41, 5.74) is 0.101. The summed E-state index contributed by atoms with van der Waals surface area (Å²) in [4.78, 5) is 3.52. The summed E-state index contributed by atoms with van der Waals surface area (Å²) in [6, 6.07) is 1.48. The second kappa shape index (κ2) is 3.87. The lowest BCUT2D eigenvalue weighted by atomic mass is 10.2. The molecule has 0 bridgehead atoms. The SMILES string of the molecule is Cc1cc(CCl)nc(C(F)F)c1O. The number of halogens is 3. The van der Waals surface area contributed by atoms with Crippen molar-refractivity contribution < 1.29 is 13.9 Å². The smallest absolute Gasteiger partial charge is 0.284 e. The highest BCUT2D eigenvalue weighted by Crippen LogP contribution is 2.29. The van der Waals surface area contributed by atoms with E-state index in [9.17, 15) is 13.9 Å². The molecule has 13 heavy (non-hydrogen) atoms. The van der Waals surface area contributed by atoms with Crippen LogP contribution in [0.1, 0.15) is 23.4 Å². The summed E-state index contributed by atoms with van der Waals surface area (Å²) in [6.45, 7) is 1.53. The highest BCUT2D eigenvalue weighted by Gasteiger charge is 2.17. The molecular formula is C8H8ClF2NO. The van der Waals surface area contributed by atoms with Crippen LogP contribution >= 0.6 is 11.6 Å². The van der Waals surface area contributed by atoms with Gasteiger partial charge in [0.05, 0.1) is 11.6 Å². The van der Waals surface area contributed by atoms with E-state index in [-0.39, 0.29) is 5.88 Å². The van der Waals surface area contributed by atoms with Crippen molar-refractivity contribution in [3.63, 3.8) is 0 Å². The van der Waals surface area contributed by atoms with Crippen molar-refractivity contribution in [3.8, 4) is 5.75 Å². The van der Waals surface area contributed by atoms with Crippen LogP contribution in [0, 0.1) is 6.92 Å². The Kier molecular flexibility index (Phi) is 3.03. The number of hydrogen-bond acceptors (Lipinski definition) is 2. The van der Waals surface area contributed by atoms with Crippen LogP contribution in [0.3, 0.4) is 0 Å². The Labute approximate surface area is 79.2 Å². The van der Waals surface area contributed by atoms with E-state index in [2.05, 4.69) is 4.98 Å². The largest absolute Gasteiger partial charge is 0.506 e. The predicted molar refractivity (Wildman–Crippen MR) is 45.2 cm³/mol. The minimum atomic E-state index is -2.78. The van der Waals surface area contributed by atoms with E-state index in [1.165, 1.54) is 13.0 Å². The van der Waals surface area contributed by atoms with E-state index in [1.54, 1.807) is 0 Å². The molecule has 1 N–H and O–H groups in total. The van der Waals surface area contributed by atoms with Crippen molar-refractivity contribution in [1.29, 1.82) is 0 Å². The van der Waals surface area contributed by atoms with Crippen LogP contribution in [-0.4, -0.2) is 10.1 Å². The summed E-state index contributed by atoms with van der Waals surface area (Å²) in [7, 11) is 0. The van der Waals surface area contributed by atoms with E-state index in [0.29, 0.717) is 11.3 Å². The standard InChI is InChI=1S/C8H8ClF2NO/c1-4-2-5(3-9)12-6(7(4)13)8(10)11/h2,8,13H,3H2,1H3. The molecule has 1 rings (SSSR count). The minimum absolute atomic E-state index is 0.0564. The fourth-order valence-corrected chi connectivity index (χ4v) is 1.12. The Bertz CT molecular complexity index is 317. The van der Waals surface area contributed by atoms with Gasteiger partial charge < -0.3 is 5.11 Å². The first-order valence-electron chi connectivity index (χ1n) is 3.59. The summed E-state index contributed by atoms with van der Waals surface area (Å²) in [5, 5.41) is 9.20. The molecule has 0 atom stereocenters. The average Bonchev–Trinajstić information content (AvgIpc) is 2.09. The monoisotopic (exact) mass is 207 g/mol. The van der Waals surface area contributed by atoms with Crippen LogP contribution in [0.25, 0.3) is 0 Å². The zero-order valence-electron chi connectivity index (χ0n) is 6.89. The molecule has 0 fully saturated rings. The van der Waals surface area contributed by atoms with Gasteiger partial charge in [-0.25, -0.2) is 13.8 Å². The van der Waals surface area contributed by atoms with Gasteiger partial charge in [-0.05, 0) is 18.6 Å². The van der Waals surface area contributed by atoms with Crippen LogP contribution < -0.4 is 0 Å². The van der Waals surface area contributed by atoms with Gasteiger partial charge in [-0.2, -0.15) is 0 Å². The molecule has 0 saturated carbocycles. The number of alkyl halides is 3. The third-order valence-corrected chi connectivity index (χ3v) is 1.88. The van der Waals surface area contributed by atoms with Gasteiger partial charge in [0.2, 0.25) is 0 Å². The predicted octanol–water partition coefficient (Wildman–Crippen LogP) is 2.77. The van der Waals surface area contributed by atoms with E-state index in [1.807, 2.05) is 0 Å². The first kappa shape index (κ1) is 10.2. The highest BCUT2D eigenvalue weighted by atomic mass is 35.5. The summed E-state index contributed by atoms with van der Waals surface area (Å²) >= 11 is 5.44. The van der Waals surface area contributed by atoms with Gasteiger partial charge in [-0.15, -0.1) is 11.6 Å². The number of hydrogen-bond donors (Lipinski definition) is 1. The second-order valence-electron chi connectivity index (χ2n) is 2.60. The maximum absolute atomic E-state index is 12.3. The van der Waals surface area contributed by atoms with Crippen molar-refractivity contribution in [2.75, 3.05) is 0 Å². The van der Waals surface area contributed by atoms with Crippen molar-refractivity contribution >= 4 is 11.6 Å². The quantitative estimate of drug-likeness (QED) is 0.757. The number of nitrogens with zero attached hydrogens (tertiary/aromatic N) is 1. The molecule has 0 unspecified atom stereocenters. The molecule has 1 heterocycles. The molecule has 0 saturated heterocycles. The molecule has 0 aliphatic heterocycles. The fraction of sp³-hybridized carbons (Fsp3) is 0.375. The number of pyridine rings is 1. The van der Waals surface area contributed by atoms with E-state index >= 15 is 0 Å². The number of aromatic hydroxyl groups is 1. The summed E-state index contributed by atoms with van der Waals surface area (Å²) < 4.78 is 24.5. The Morgan fingerprint density at radius 2 is 2.23 bits per heavy atom. The summed E-state index contributed by atoms with van der Waals surface area (Å²) in [6.07, 6.45) is -2.78. The van der Waals surface area contributed by atoms with Gasteiger partial charge in [0.25, 0.3) is 6.43 Å². The number of aromatic nitrogens is 1. The van der Waals surface area contributed by atoms with Crippen molar-refractivity contribution in [1.82, 2.24) is 4.98 Å². The van der Waals surface area contributed by atoms with Crippen molar-refractivity contribution in [2.45, 2.75) is 19.2 Å². The fourth-order valence-electron chi connectivity index (χ4n) is 0.981. The molecule has 1 aromatic rings. The Morgan fingerprint density at radius 1 is 1.62 bits per heavy atom. The first-order valence-corrected chi connectivity index (χ1v) is 4.13. The minimum Gasteiger partial charge on any atom is -0.506 e. The van der Waals surface area contributed by atoms with Crippen LogP contribution in [-0.2, 0) is 5.88 Å². The highest BCUT2D eigenvalue weighted by molar-refractivity contribution is 6.16. The topological polar surface area (TPSA) is 33.1 Å². The van der Waals surface area contributed by atoms with E-state index < -0.39 is 17.9 Å². The van der Waals surface area contributed by atoms with Crippen molar-refractivity contribution in [3.05, 3.63) is 23.0 Å². The van der Waals surface area contributed by atoms with E-state index in [4.69, 9.17) is 11.6 Å². The molecule has 0 amide bonds. The molecule has 2 nitrogen and oxygen atoms in total. The number of rotatable bonds is 2. The Morgan fingerprint density at radius 3 is 2.69 bits per heavy atom. The third-order valence-electron chi connectivity index (χ3n) is 1.61. The van der Waals surface area contributed by atoms with Crippen LogP contribution in [0.4, 0.5) is 8.78 Å². The molecular weight excluding hydrogens is 200 g/mol. The van der Waals surface area contributed by atoms with Gasteiger partial charge in [0.1, 0.15) is 11.4 Å². The lowest BCUT2D eigenvalue weighted by molar-refractivity contribution is 0.141. The average molecular weight is 208 g/mol. The molecule has 0 aromatic carbocycles. The van der Waals surface area contributed by atoms with Gasteiger partial charge in [0, 0.05) is 0 Å². The molecule has 72 valence electrons. The molecule has 0 aliphatic rings. The van der Waals surface area contributed by atoms with Gasteiger partial charge in [-0.3, -0.25) is 0 Å². The lowest BCUT2D eigenvalue weighted by Crippen LogP contribution is -1.97. The van der Waals surface area contributed by atoms with Crippen molar-refractivity contribution in [2.24, 2.45) is 0 Å². The molecule has 0 spiro atoms. The zero-order valence-corrected chi connectivity index (χ0v) is 7.65. The second-order valence-corrected chi connectivity index (χ2v) is 2.87. The molecule has 0 aliphatic carbocycles. The molecule has 1 aromatic heterocycles. The Balaban J connectivity index is 3.25. The lowest BCUT2D eigenvalue weighted by Gasteiger charge is -2.07. The van der Waals surface area contributed by atoms with Gasteiger partial charge in [0.15, 0.2) is 0 Å². The van der Waals surface area contributed by atoms with Crippen LogP contribution in [0.2, 0.25) is 0 Å². The van der Waals surface area contributed by atoms with Gasteiger partial charge >= 0.3 is 0 Å². The number of aryl methyl sites for hydroxylation is 1. The van der Waals surface area contributed by atoms with Crippen LogP contribution in [0.5, 0.6) is 5.75 Å².